The molecule has 0 atom stereocenters. The van der Waals surface area contributed by atoms with Gasteiger partial charge in [-0.15, -0.1) is 11.6 Å². The Balaban J connectivity index is 2.57. The molecule has 1 rings (SSSR count). The highest BCUT2D eigenvalue weighted by atomic mass is 35.5. The zero-order valence-electron chi connectivity index (χ0n) is 8.47. The monoisotopic (exact) mass is 218 g/mol. The van der Waals surface area contributed by atoms with Gasteiger partial charge in [-0.3, -0.25) is 10.1 Å². The van der Waals surface area contributed by atoms with Crippen LogP contribution in [0, 0.1) is 0 Å². The van der Waals surface area contributed by atoms with E-state index < -0.39 is 5.91 Å². The zero-order valence-corrected chi connectivity index (χ0v) is 9.23. The number of likely N-dealkylation sites (tertiary alicyclic amines) is 1. The van der Waals surface area contributed by atoms with Gasteiger partial charge in [0.05, 0.1) is 0 Å². The van der Waals surface area contributed by atoms with Crippen molar-refractivity contribution in [3.8, 4) is 0 Å². The summed E-state index contributed by atoms with van der Waals surface area (Å²) in [6, 6.07) is -0.335. The number of hydrogen-bond donors (Lipinski definition) is 1. The summed E-state index contributed by atoms with van der Waals surface area (Å²) in [4.78, 5) is 24.1. The largest absolute Gasteiger partial charge is 0.324 e. The molecule has 1 saturated heterocycles. The number of nitrogens with one attached hydrogen (secondary N) is 1. The van der Waals surface area contributed by atoms with Crippen LogP contribution in [0.2, 0.25) is 0 Å². The van der Waals surface area contributed by atoms with Gasteiger partial charge in [-0.2, -0.15) is 0 Å². The molecule has 1 heterocycles. The lowest BCUT2D eigenvalue weighted by atomic mass is 10.0. The third kappa shape index (κ3) is 2.38. The first-order chi connectivity index (χ1) is 6.47. The molecule has 3 amide bonds. The highest BCUT2D eigenvalue weighted by Crippen LogP contribution is 2.27. The molecule has 0 aromatic carbocycles. The van der Waals surface area contributed by atoms with Crippen LogP contribution in [0.25, 0.3) is 0 Å². The number of imide groups is 1. The second kappa shape index (κ2) is 4.17. The second-order valence-electron chi connectivity index (χ2n) is 4.05. The summed E-state index contributed by atoms with van der Waals surface area (Å²) < 4.78 is 0. The summed E-state index contributed by atoms with van der Waals surface area (Å²) in [5.74, 6) is -0.626. The van der Waals surface area contributed by atoms with Gasteiger partial charge in [0, 0.05) is 12.1 Å². The molecular weight excluding hydrogens is 204 g/mol. The van der Waals surface area contributed by atoms with Crippen molar-refractivity contribution < 1.29 is 9.59 Å². The lowest BCUT2D eigenvalue weighted by molar-refractivity contribution is -0.117. The van der Waals surface area contributed by atoms with Crippen LogP contribution in [-0.2, 0) is 4.79 Å². The number of carbonyl (C=O) groups is 2. The van der Waals surface area contributed by atoms with Crippen molar-refractivity contribution in [2.24, 2.45) is 0 Å². The molecule has 14 heavy (non-hydrogen) atoms. The van der Waals surface area contributed by atoms with Gasteiger partial charge in [0.15, 0.2) is 0 Å². The maximum absolute atomic E-state index is 11.6. The maximum atomic E-state index is 11.6. The Bertz CT molecular complexity index is 253. The smallest absolute Gasteiger partial charge is 0.319 e. The third-order valence-corrected chi connectivity index (χ3v) is 2.76. The number of rotatable bonds is 1. The summed E-state index contributed by atoms with van der Waals surface area (Å²) in [6.07, 6.45) is 1.95. The number of amides is 3. The average molecular weight is 219 g/mol. The van der Waals surface area contributed by atoms with Crippen molar-refractivity contribution in [2.45, 2.75) is 32.2 Å². The summed E-state index contributed by atoms with van der Waals surface area (Å²) in [5, 5.41) is 2.24. The zero-order chi connectivity index (χ0) is 10.8. The summed E-state index contributed by atoms with van der Waals surface area (Å²) in [6.45, 7) is 4.68. The molecule has 4 nitrogen and oxygen atoms in total. The summed E-state index contributed by atoms with van der Waals surface area (Å²) >= 11 is 5.29. The summed E-state index contributed by atoms with van der Waals surface area (Å²) in [5.41, 5.74) is -0.156. The Hall–Kier alpha value is -0.770. The molecule has 0 spiro atoms. The van der Waals surface area contributed by atoms with Crippen LogP contribution >= 0.6 is 11.6 Å². The first-order valence-electron chi connectivity index (χ1n) is 4.65. The molecular formula is C9H15ClN2O2. The molecule has 0 unspecified atom stereocenters. The van der Waals surface area contributed by atoms with E-state index in [4.69, 9.17) is 11.6 Å². The van der Waals surface area contributed by atoms with E-state index in [2.05, 4.69) is 5.32 Å². The van der Waals surface area contributed by atoms with E-state index in [0.717, 1.165) is 12.8 Å². The molecule has 0 aromatic heterocycles. The van der Waals surface area contributed by atoms with Crippen LogP contribution in [0.1, 0.15) is 26.7 Å². The molecule has 1 fully saturated rings. The van der Waals surface area contributed by atoms with Crippen LogP contribution in [-0.4, -0.2) is 34.8 Å². The van der Waals surface area contributed by atoms with Crippen LogP contribution in [0.15, 0.2) is 0 Å². The molecule has 1 N–H and O–H groups in total. The van der Waals surface area contributed by atoms with Gasteiger partial charge in [0.2, 0.25) is 5.91 Å². The highest BCUT2D eigenvalue weighted by Gasteiger charge is 2.35. The predicted molar refractivity (Wildman–Crippen MR) is 54.3 cm³/mol. The topological polar surface area (TPSA) is 49.4 Å². The molecule has 5 heteroatoms. The van der Waals surface area contributed by atoms with Gasteiger partial charge in [-0.05, 0) is 26.7 Å². The molecule has 0 bridgehead atoms. The standard InChI is InChI=1S/C9H15ClN2O2/c1-9(2)4-3-5-12(9)8(14)11-7(13)6-10/h3-6H2,1-2H3,(H,11,13,14). The van der Waals surface area contributed by atoms with E-state index in [1.165, 1.54) is 0 Å². The molecule has 0 aromatic rings. The van der Waals surface area contributed by atoms with Gasteiger partial charge >= 0.3 is 6.03 Å². The Morgan fingerprint density at radius 1 is 1.50 bits per heavy atom. The SMILES string of the molecule is CC1(C)CCCN1C(=O)NC(=O)CCl. The van der Waals surface area contributed by atoms with E-state index in [0.29, 0.717) is 6.54 Å². The molecule has 0 radical (unpaired) electrons. The average Bonchev–Trinajstić information content (AvgIpc) is 2.45. The van der Waals surface area contributed by atoms with Crippen LogP contribution in [0.5, 0.6) is 0 Å². The van der Waals surface area contributed by atoms with Crippen molar-refractivity contribution in [3.05, 3.63) is 0 Å². The first-order valence-corrected chi connectivity index (χ1v) is 5.18. The Morgan fingerprint density at radius 3 is 2.57 bits per heavy atom. The quantitative estimate of drug-likeness (QED) is 0.676. The van der Waals surface area contributed by atoms with Crippen LogP contribution < -0.4 is 5.32 Å². The Kier molecular flexibility index (Phi) is 3.37. The maximum Gasteiger partial charge on any atom is 0.324 e. The Labute approximate surface area is 88.6 Å². The number of urea groups is 1. The third-order valence-electron chi connectivity index (χ3n) is 2.51. The van der Waals surface area contributed by atoms with Gasteiger partial charge in [0.1, 0.15) is 5.88 Å². The minimum atomic E-state index is -0.445. The molecule has 0 saturated carbocycles. The fourth-order valence-electron chi connectivity index (χ4n) is 1.70. The number of alkyl halides is 1. The van der Waals surface area contributed by atoms with Gasteiger partial charge in [-0.1, -0.05) is 0 Å². The molecule has 1 aliphatic heterocycles. The van der Waals surface area contributed by atoms with Crippen molar-refractivity contribution >= 4 is 23.5 Å². The van der Waals surface area contributed by atoms with E-state index in [-0.39, 0.29) is 17.5 Å². The molecule has 80 valence electrons. The van der Waals surface area contributed by atoms with E-state index in [9.17, 15) is 9.59 Å². The Morgan fingerprint density at radius 2 is 2.14 bits per heavy atom. The predicted octanol–water partition coefficient (Wildman–Crippen LogP) is 1.34. The number of hydrogen-bond acceptors (Lipinski definition) is 2. The lowest BCUT2D eigenvalue weighted by Gasteiger charge is -2.31. The van der Waals surface area contributed by atoms with Gasteiger partial charge in [-0.25, -0.2) is 4.79 Å². The van der Waals surface area contributed by atoms with Gasteiger partial charge in [0.25, 0.3) is 0 Å². The lowest BCUT2D eigenvalue weighted by Crippen LogP contribution is -2.49. The van der Waals surface area contributed by atoms with E-state index in [1.807, 2.05) is 13.8 Å². The fraction of sp³-hybridized carbons (Fsp3) is 0.778. The van der Waals surface area contributed by atoms with Crippen LogP contribution in [0.4, 0.5) is 4.79 Å². The van der Waals surface area contributed by atoms with Crippen LogP contribution in [0.3, 0.4) is 0 Å². The summed E-state index contributed by atoms with van der Waals surface area (Å²) in [7, 11) is 0. The number of carbonyl (C=O) groups excluding carboxylic acids is 2. The minimum absolute atomic E-state index is 0.156. The second-order valence-corrected chi connectivity index (χ2v) is 4.32. The number of nitrogens with zero attached hydrogens (tertiary/aromatic N) is 1. The van der Waals surface area contributed by atoms with Crippen molar-refractivity contribution in [1.82, 2.24) is 10.2 Å². The normalized spacial score (nSPS) is 19.5. The minimum Gasteiger partial charge on any atom is -0.319 e. The molecule has 1 aliphatic rings. The van der Waals surface area contributed by atoms with Gasteiger partial charge < -0.3 is 4.90 Å². The van der Waals surface area contributed by atoms with E-state index >= 15 is 0 Å². The molecule has 0 aliphatic carbocycles. The van der Waals surface area contributed by atoms with Crippen molar-refractivity contribution in [2.75, 3.05) is 12.4 Å². The first kappa shape index (κ1) is 11.3. The number of halogens is 1. The van der Waals surface area contributed by atoms with E-state index in [1.54, 1.807) is 4.90 Å². The van der Waals surface area contributed by atoms with Crippen molar-refractivity contribution in [1.29, 1.82) is 0 Å². The fourth-order valence-corrected chi connectivity index (χ4v) is 1.77. The highest BCUT2D eigenvalue weighted by molar-refractivity contribution is 6.28. The van der Waals surface area contributed by atoms with Crippen molar-refractivity contribution in [3.63, 3.8) is 0 Å².